The molecule has 1 aromatic heterocycles. The van der Waals surface area contributed by atoms with E-state index in [-0.39, 0.29) is 5.78 Å². The summed E-state index contributed by atoms with van der Waals surface area (Å²) in [5.41, 5.74) is 0. The summed E-state index contributed by atoms with van der Waals surface area (Å²) >= 11 is 1.30. The zero-order valence-electron chi connectivity index (χ0n) is 7.44. The SMILES string of the molecule is CC(=O)C(C)Oc1ccsc1C=O. The van der Waals surface area contributed by atoms with Crippen LogP contribution in [0, 0.1) is 0 Å². The Morgan fingerprint density at radius 1 is 1.69 bits per heavy atom. The molecular weight excluding hydrogens is 188 g/mol. The predicted molar refractivity (Wildman–Crippen MR) is 50.5 cm³/mol. The van der Waals surface area contributed by atoms with Crippen LogP contribution in [0.2, 0.25) is 0 Å². The highest BCUT2D eigenvalue weighted by molar-refractivity contribution is 7.12. The minimum absolute atomic E-state index is 0.0527. The molecule has 1 rings (SSSR count). The first-order valence-corrected chi connectivity index (χ1v) is 4.73. The van der Waals surface area contributed by atoms with E-state index in [1.54, 1.807) is 18.4 Å². The van der Waals surface area contributed by atoms with Crippen molar-refractivity contribution in [2.24, 2.45) is 0 Å². The molecule has 1 atom stereocenters. The second-order valence-electron chi connectivity index (χ2n) is 2.64. The monoisotopic (exact) mass is 198 g/mol. The molecule has 0 amide bonds. The Morgan fingerprint density at radius 2 is 2.38 bits per heavy atom. The molecule has 3 nitrogen and oxygen atoms in total. The number of Topliss-reactive ketones (excluding diaryl/α,β-unsaturated/α-hetero) is 1. The summed E-state index contributed by atoms with van der Waals surface area (Å²) in [5, 5.41) is 1.76. The minimum atomic E-state index is -0.492. The lowest BCUT2D eigenvalue weighted by atomic mass is 10.3. The van der Waals surface area contributed by atoms with Crippen molar-refractivity contribution >= 4 is 23.4 Å². The van der Waals surface area contributed by atoms with E-state index in [0.29, 0.717) is 10.6 Å². The van der Waals surface area contributed by atoms with E-state index in [1.807, 2.05) is 0 Å². The zero-order chi connectivity index (χ0) is 9.84. The van der Waals surface area contributed by atoms with Gasteiger partial charge >= 0.3 is 0 Å². The van der Waals surface area contributed by atoms with Gasteiger partial charge in [0.25, 0.3) is 0 Å². The summed E-state index contributed by atoms with van der Waals surface area (Å²) in [6.07, 6.45) is 0.237. The molecule has 0 saturated heterocycles. The van der Waals surface area contributed by atoms with Gasteiger partial charge in [-0.1, -0.05) is 0 Å². The highest BCUT2D eigenvalue weighted by atomic mass is 32.1. The molecule has 70 valence electrons. The van der Waals surface area contributed by atoms with Gasteiger partial charge in [0.1, 0.15) is 10.6 Å². The standard InChI is InChI=1S/C9H10O3S/c1-6(11)7(2)12-8-3-4-13-9(8)5-10/h3-5,7H,1-2H3. The summed E-state index contributed by atoms with van der Waals surface area (Å²) in [4.78, 5) is 21.9. The number of ketones is 1. The Balaban J connectivity index is 2.73. The molecule has 1 aromatic rings. The Bertz CT molecular complexity index is 316. The first-order chi connectivity index (χ1) is 6.15. The second kappa shape index (κ2) is 4.18. The van der Waals surface area contributed by atoms with E-state index in [1.165, 1.54) is 18.3 Å². The van der Waals surface area contributed by atoms with Gasteiger partial charge in [-0.3, -0.25) is 9.59 Å². The number of thiophene rings is 1. The van der Waals surface area contributed by atoms with Gasteiger partial charge in [-0.15, -0.1) is 11.3 Å². The lowest BCUT2D eigenvalue weighted by Crippen LogP contribution is -2.20. The van der Waals surface area contributed by atoms with Crippen LogP contribution < -0.4 is 4.74 Å². The molecule has 13 heavy (non-hydrogen) atoms. The summed E-state index contributed by atoms with van der Waals surface area (Å²) in [6.45, 7) is 3.12. The molecule has 0 aromatic carbocycles. The summed E-state index contributed by atoms with van der Waals surface area (Å²) in [6, 6.07) is 1.69. The molecular formula is C9H10O3S. The van der Waals surface area contributed by atoms with Gasteiger partial charge in [0.2, 0.25) is 0 Å². The molecule has 1 unspecified atom stereocenters. The fraction of sp³-hybridized carbons (Fsp3) is 0.333. The summed E-state index contributed by atoms with van der Waals surface area (Å²) < 4.78 is 5.27. The van der Waals surface area contributed by atoms with Crippen LogP contribution in [0.1, 0.15) is 23.5 Å². The van der Waals surface area contributed by atoms with Crippen LogP contribution in [0.3, 0.4) is 0 Å². The molecule has 0 fully saturated rings. The van der Waals surface area contributed by atoms with Crippen LogP contribution in [0.4, 0.5) is 0 Å². The number of aldehydes is 1. The molecule has 1 heterocycles. The van der Waals surface area contributed by atoms with E-state index < -0.39 is 6.10 Å². The highest BCUT2D eigenvalue weighted by Gasteiger charge is 2.12. The van der Waals surface area contributed by atoms with Crippen molar-refractivity contribution in [2.45, 2.75) is 20.0 Å². The van der Waals surface area contributed by atoms with Crippen molar-refractivity contribution in [3.8, 4) is 5.75 Å². The highest BCUT2D eigenvalue weighted by Crippen LogP contribution is 2.23. The average molecular weight is 198 g/mol. The fourth-order valence-corrected chi connectivity index (χ4v) is 1.39. The van der Waals surface area contributed by atoms with Gasteiger partial charge in [-0.05, 0) is 25.3 Å². The van der Waals surface area contributed by atoms with Crippen LogP contribution >= 0.6 is 11.3 Å². The minimum Gasteiger partial charge on any atom is -0.481 e. The number of hydrogen-bond donors (Lipinski definition) is 0. The number of hydrogen-bond acceptors (Lipinski definition) is 4. The molecule has 0 saturated carbocycles. The topological polar surface area (TPSA) is 43.4 Å². The Hall–Kier alpha value is -1.16. The van der Waals surface area contributed by atoms with Crippen LogP contribution in [0.5, 0.6) is 5.75 Å². The van der Waals surface area contributed by atoms with Crippen LogP contribution in [-0.4, -0.2) is 18.2 Å². The van der Waals surface area contributed by atoms with Gasteiger partial charge in [-0.2, -0.15) is 0 Å². The Morgan fingerprint density at radius 3 is 2.92 bits per heavy atom. The van der Waals surface area contributed by atoms with E-state index in [9.17, 15) is 9.59 Å². The van der Waals surface area contributed by atoms with Gasteiger partial charge in [0, 0.05) is 0 Å². The maximum Gasteiger partial charge on any atom is 0.169 e. The van der Waals surface area contributed by atoms with Crippen LogP contribution in [-0.2, 0) is 4.79 Å². The maximum atomic E-state index is 10.9. The van der Waals surface area contributed by atoms with E-state index in [0.717, 1.165) is 6.29 Å². The quantitative estimate of drug-likeness (QED) is 0.694. The van der Waals surface area contributed by atoms with Crippen LogP contribution in [0.15, 0.2) is 11.4 Å². The van der Waals surface area contributed by atoms with Crippen molar-refractivity contribution < 1.29 is 14.3 Å². The van der Waals surface area contributed by atoms with Gasteiger partial charge < -0.3 is 4.74 Å². The van der Waals surface area contributed by atoms with Crippen LogP contribution in [0.25, 0.3) is 0 Å². The average Bonchev–Trinajstić information content (AvgIpc) is 2.51. The summed E-state index contributed by atoms with van der Waals surface area (Å²) in [7, 11) is 0. The number of carbonyl (C=O) groups excluding carboxylic acids is 2. The van der Waals surface area contributed by atoms with Crippen molar-refractivity contribution in [3.05, 3.63) is 16.3 Å². The van der Waals surface area contributed by atoms with Crippen molar-refractivity contribution in [2.75, 3.05) is 0 Å². The van der Waals surface area contributed by atoms with Gasteiger partial charge in [0.05, 0.1) is 0 Å². The molecule has 0 aliphatic heterocycles. The van der Waals surface area contributed by atoms with E-state index >= 15 is 0 Å². The molecule has 0 aliphatic rings. The maximum absolute atomic E-state index is 10.9. The second-order valence-corrected chi connectivity index (χ2v) is 3.59. The number of rotatable bonds is 4. The van der Waals surface area contributed by atoms with Crippen molar-refractivity contribution in [3.63, 3.8) is 0 Å². The Labute approximate surface area is 80.3 Å². The molecule has 4 heteroatoms. The fourth-order valence-electron chi connectivity index (χ4n) is 0.766. The van der Waals surface area contributed by atoms with E-state index in [2.05, 4.69) is 0 Å². The Kier molecular flexibility index (Phi) is 3.19. The predicted octanol–water partition coefficient (Wildman–Crippen LogP) is 1.92. The number of carbonyl (C=O) groups is 2. The largest absolute Gasteiger partial charge is 0.481 e. The number of ether oxygens (including phenoxy) is 1. The third-order valence-corrected chi connectivity index (χ3v) is 2.46. The van der Waals surface area contributed by atoms with Crippen molar-refractivity contribution in [1.29, 1.82) is 0 Å². The molecule has 0 N–H and O–H groups in total. The van der Waals surface area contributed by atoms with Crippen molar-refractivity contribution in [1.82, 2.24) is 0 Å². The lowest BCUT2D eigenvalue weighted by Gasteiger charge is -2.09. The van der Waals surface area contributed by atoms with Gasteiger partial charge in [-0.25, -0.2) is 0 Å². The third kappa shape index (κ3) is 2.39. The first kappa shape index (κ1) is 9.92. The molecule has 0 spiro atoms. The zero-order valence-corrected chi connectivity index (χ0v) is 8.26. The summed E-state index contributed by atoms with van der Waals surface area (Å²) in [5.74, 6) is 0.436. The molecule has 0 bridgehead atoms. The lowest BCUT2D eigenvalue weighted by molar-refractivity contribution is -0.122. The third-order valence-electron chi connectivity index (χ3n) is 1.64. The molecule has 0 aliphatic carbocycles. The van der Waals surface area contributed by atoms with Gasteiger partial charge in [0.15, 0.2) is 18.2 Å². The van der Waals surface area contributed by atoms with E-state index in [4.69, 9.17) is 4.74 Å². The first-order valence-electron chi connectivity index (χ1n) is 3.85. The smallest absolute Gasteiger partial charge is 0.169 e. The molecule has 0 radical (unpaired) electrons. The normalized spacial score (nSPS) is 12.2.